The molecule has 16 heavy (non-hydrogen) atoms. The summed E-state index contributed by atoms with van der Waals surface area (Å²) in [5, 5.41) is 0. The largest absolute Gasteiger partial charge is 0.453 e. The lowest BCUT2D eigenvalue weighted by Gasteiger charge is -2.31. The van der Waals surface area contributed by atoms with E-state index in [1.807, 2.05) is 18.2 Å². The first-order chi connectivity index (χ1) is 7.81. The number of carbonyl (C=O) groups excluding carboxylic acids is 1. The third kappa shape index (κ3) is 2.35. The summed E-state index contributed by atoms with van der Waals surface area (Å²) in [6, 6.07) is 11.2. The van der Waals surface area contributed by atoms with E-state index in [-0.39, 0.29) is 6.09 Å². The molecule has 1 saturated heterocycles. The molecule has 1 heterocycles. The zero-order valence-corrected chi connectivity index (χ0v) is 9.48. The van der Waals surface area contributed by atoms with Crippen molar-refractivity contribution in [2.75, 3.05) is 20.2 Å². The molecule has 0 N–H and O–H groups in total. The van der Waals surface area contributed by atoms with Gasteiger partial charge in [-0.25, -0.2) is 4.79 Å². The zero-order chi connectivity index (χ0) is 11.4. The predicted octanol–water partition coefficient (Wildman–Crippen LogP) is 2.43. The highest BCUT2D eigenvalue weighted by atomic mass is 16.5. The molecule has 1 aromatic rings. The number of hydrogen-bond donors (Lipinski definition) is 0. The molecule has 0 saturated carbocycles. The van der Waals surface area contributed by atoms with E-state index in [2.05, 4.69) is 12.1 Å². The van der Waals surface area contributed by atoms with Crippen molar-refractivity contribution in [3.8, 4) is 0 Å². The van der Waals surface area contributed by atoms with E-state index in [1.54, 1.807) is 4.90 Å². The van der Waals surface area contributed by atoms with Crippen LogP contribution in [0, 0.1) is 6.07 Å². The number of ether oxygens (including phenoxy) is 1. The van der Waals surface area contributed by atoms with Gasteiger partial charge in [-0.15, -0.1) is 0 Å². The van der Waals surface area contributed by atoms with Crippen molar-refractivity contribution >= 4 is 6.09 Å². The number of rotatable bonds is 1. The highest BCUT2D eigenvalue weighted by Gasteiger charge is 2.23. The number of benzene rings is 1. The van der Waals surface area contributed by atoms with Gasteiger partial charge in [0.15, 0.2) is 0 Å². The van der Waals surface area contributed by atoms with Gasteiger partial charge in [-0.05, 0) is 30.4 Å². The Balaban J connectivity index is 1.93. The second-order valence-corrected chi connectivity index (χ2v) is 4.07. The van der Waals surface area contributed by atoms with E-state index in [1.165, 1.54) is 12.7 Å². The minimum Gasteiger partial charge on any atom is -0.453 e. The summed E-state index contributed by atoms with van der Waals surface area (Å²) in [7, 11) is 1.43. The maximum Gasteiger partial charge on any atom is 0.409 e. The fourth-order valence-electron chi connectivity index (χ4n) is 2.19. The molecule has 1 amide bonds. The predicted molar refractivity (Wildman–Crippen MR) is 61.2 cm³/mol. The molecule has 0 atom stereocenters. The van der Waals surface area contributed by atoms with Gasteiger partial charge in [-0.2, -0.15) is 0 Å². The highest BCUT2D eigenvalue weighted by molar-refractivity contribution is 5.67. The monoisotopic (exact) mass is 218 g/mol. The van der Waals surface area contributed by atoms with Gasteiger partial charge in [0.25, 0.3) is 0 Å². The van der Waals surface area contributed by atoms with Crippen LogP contribution < -0.4 is 0 Å². The lowest BCUT2D eigenvalue weighted by atomic mass is 9.90. The third-order valence-electron chi connectivity index (χ3n) is 3.13. The SMILES string of the molecule is COC(=O)N1CCC(c2c[c]ccc2)CC1. The van der Waals surface area contributed by atoms with Crippen molar-refractivity contribution in [2.24, 2.45) is 0 Å². The van der Waals surface area contributed by atoms with Gasteiger partial charge in [-0.1, -0.05) is 24.3 Å². The standard InChI is InChI=1S/C13H16NO2/c1-16-13(15)14-9-7-12(8-10-14)11-5-3-2-4-6-11/h2-3,5-6,12H,7-10H2,1H3. The Morgan fingerprint density at radius 2 is 2.25 bits per heavy atom. The fourth-order valence-corrected chi connectivity index (χ4v) is 2.19. The van der Waals surface area contributed by atoms with E-state index in [0.717, 1.165) is 25.9 Å². The average Bonchev–Trinajstić information content (AvgIpc) is 2.39. The van der Waals surface area contributed by atoms with Gasteiger partial charge in [0.05, 0.1) is 7.11 Å². The maximum absolute atomic E-state index is 11.3. The molecular weight excluding hydrogens is 202 g/mol. The van der Waals surface area contributed by atoms with Gasteiger partial charge in [-0.3, -0.25) is 0 Å². The van der Waals surface area contributed by atoms with Crippen LogP contribution in [0.1, 0.15) is 24.3 Å². The summed E-state index contributed by atoms with van der Waals surface area (Å²) in [4.78, 5) is 13.1. The number of likely N-dealkylation sites (tertiary alicyclic amines) is 1. The van der Waals surface area contributed by atoms with Crippen LogP contribution in [0.15, 0.2) is 24.3 Å². The van der Waals surface area contributed by atoms with Gasteiger partial charge < -0.3 is 9.64 Å². The number of carbonyl (C=O) groups is 1. The highest BCUT2D eigenvalue weighted by Crippen LogP contribution is 2.27. The molecule has 3 nitrogen and oxygen atoms in total. The van der Waals surface area contributed by atoms with Crippen LogP contribution in [-0.4, -0.2) is 31.2 Å². The summed E-state index contributed by atoms with van der Waals surface area (Å²) in [6.07, 6.45) is 1.80. The van der Waals surface area contributed by atoms with Crippen LogP contribution >= 0.6 is 0 Å². The molecule has 0 aromatic heterocycles. The molecule has 3 heteroatoms. The first-order valence-corrected chi connectivity index (χ1v) is 5.60. The molecule has 0 bridgehead atoms. The molecule has 1 radical (unpaired) electrons. The van der Waals surface area contributed by atoms with Crippen LogP contribution in [0.5, 0.6) is 0 Å². The van der Waals surface area contributed by atoms with Gasteiger partial charge >= 0.3 is 6.09 Å². The van der Waals surface area contributed by atoms with Crippen molar-refractivity contribution in [2.45, 2.75) is 18.8 Å². The molecule has 1 fully saturated rings. The Hall–Kier alpha value is -1.51. The number of methoxy groups -OCH3 is 1. The quantitative estimate of drug-likeness (QED) is 0.724. The number of amides is 1. The number of hydrogen-bond acceptors (Lipinski definition) is 2. The normalized spacial score (nSPS) is 17.2. The summed E-state index contributed by atoms with van der Waals surface area (Å²) in [5.41, 5.74) is 1.33. The molecule has 85 valence electrons. The molecule has 0 unspecified atom stereocenters. The van der Waals surface area contributed by atoms with Crippen LogP contribution in [0.4, 0.5) is 4.79 Å². The number of nitrogens with zero attached hydrogens (tertiary/aromatic N) is 1. The minimum absolute atomic E-state index is 0.210. The molecule has 0 aliphatic carbocycles. The lowest BCUT2D eigenvalue weighted by Crippen LogP contribution is -2.37. The molecule has 1 aromatic carbocycles. The first kappa shape index (κ1) is 11.0. The van der Waals surface area contributed by atoms with Crippen LogP contribution in [0.2, 0.25) is 0 Å². The fraction of sp³-hybridized carbons (Fsp3) is 0.462. The van der Waals surface area contributed by atoms with Crippen molar-refractivity contribution in [3.05, 3.63) is 35.9 Å². The topological polar surface area (TPSA) is 29.5 Å². The number of piperidine rings is 1. The Kier molecular flexibility index (Phi) is 3.44. The van der Waals surface area contributed by atoms with Crippen LogP contribution in [-0.2, 0) is 4.74 Å². The Bertz CT molecular complexity index is 342. The lowest BCUT2D eigenvalue weighted by molar-refractivity contribution is 0.112. The molecule has 1 aliphatic rings. The van der Waals surface area contributed by atoms with Gasteiger partial charge in [0.2, 0.25) is 0 Å². The third-order valence-corrected chi connectivity index (χ3v) is 3.13. The second kappa shape index (κ2) is 5.01. The summed E-state index contributed by atoms with van der Waals surface area (Å²) in [5.74, 6) is 0.554. The van der Waals surface area contributed by atoms with E-state index in [9.17, 15) is 4.79 Å². The second-order valence-electron chi connectivity index (χ2n) is 4.07. The Morgan fingerprint density at radius 1 is 1.50 bits per heavy atom. The molecule has 2 rings (SSSR count). The van der Waals surface area contributed by atoms with E-state index in [0.29, 0.717) is 5.92 Å². The van der Waals surface area contributed by atoms with Gasteiger partial charge in [0, 0.05) is 13.1 Å². The van der Waals surface area contributed by atoms with Crippen molar-refractivity contribution in [1.29, 1.82) is 0 Å². The average molecular weight is 218 g/mol. The summed E-state index contributed by atoms with van der Waals surface area (Å²) in [6.45, 7) is 1.57. The van der Waals surface area contributed by atoms with Crippen LogP contribution in [0.3, 0.4) is 0 Å². The molecular formula is C13H16NO2. The molecule has 1 aliphatic heterocycles. The maximum atomic E-state index is 11.3. The zero-order valence-electron chi connectivity index (χ0n) is 9.48. The Morgan fingerprint density at radius 3 is 2.81 bits per heavy atom. The molecule has 0 spiro atoms. The van der Waals surface area contributed by atoms with E-state index >= 15 is 0 Å². The Labute approximate surface area is 96.0 Å². The van der Waals surface area contributed by atoms with Crippen LogP contribution in [0.25, 0.3) is 0 Å². The van der Waals surface area contributed by atoms with Gasteiger partial charge in [0.1, 0.15) is 0 Å². The van der Waals surface area contributed by atoms with Crippen molar-refractivity contribution < 1.29 is 9.53 Å². The minimum atomic E-state index is -0.210. The smallest absolute Gasteiger partial charge is 0.409 e. The van der Waals surface area contributed by atoms with E-state index in [4.69, 9.17) is 4.74 Å². The van der Waals surface area contributed by atoms with Crippen molar-refractivity contribution in [3.63, 3.8) is 0 Å². The first-order valence-electron chi connectivity index (χ1n) is 5.60. The van der Waals surface area contributed by atoms with Crippen molar-refractivity contribution in [1.82, 2.24) is 4.90 Å². The summed E-state index contributed by atoms with van der Waals surface area (Å²) >= 11 is 0. The summed E-state index contributed by atoms with van der Waals surface area (Å²) < 4.78 is 4.71. The van der Waals surface area contributed by atoms with E-state index < -0.39 is 0 Å².